The molecule has 2 heterocycles. The van der Waals surface area contributed by atoms with E-state index in [9.17, 15) is 14.4 Å². The molecule has 0 spiro atoms. The number of methoxy groups -OCH3 is 1. The van der Waals surface area contributed by atoms with E-state index in [-0.39, 0.29) is 17.8 Å². The smallest absolute Gasteiger partial charge is 0.338 e. The van der Waals surface area contributed by atoms with E-state index >= 15 is 0 Å². The number of aliphatic imine (C=N–C) groups is 1. The summed E-state index contributed by atoms with van der Waals surface area (Å²) in [6.07, 6.45) is 0. The van der Waals surface area contributed by atoms with E-state index in [1.807, 2.05) is 6.92 Å². The van der Waals surface area contributed by atoms with Gasteiger partial charge in [0, 0.05) is 0 Å². The van der Waals surface area contributed by atoms with E-state index < -0.39 is 18.0 Å². The van der Waals surface area contributed by atoms with Crippen LogP contribution >= 0.6 is 11.8 Å². The van der Waals surface area contributed by atoms with Gasteiger partial charge in [0.1, 0.15) is 0 Å². The second-order valence-corrected chi connectivity index (χ2v) is 7.41. The molecule has 3 rings (SSSR count). The molecule has 0 aliphatic carbocycles. The van der Waals surface area contributed by atoms with Crippen LogP contribution in [0, 0.1) is 0 Å². The Morgan fingerprint density at radius 1 is 1.22 bits per heavy atom. The maximum Gasteiger partial charge on any atom is 0.338 e. The number of amides is 1. The Hall–Kier alpha value is -2.61. The van der Waals surface area contributed by atoms with Gasteiger partial charge in [-0.15, -0.1) is 0 Å². The SMILES string of the molecule is CCOC(=O)C1=C(C)N=C2S[C@H](C)C(=O)N2[C@H]1c1ccc(C(=O)OC)cc1. The first-order chi connectivity index (χ1) is 12.9. The molecule has 27 heavy (non-hydrogen) atoms. The van der Waals surface area contributed by atoms with E-state index in [0.29, 0.717) is 27.6 Å². The van der Waals surface area contributed by atoms with Crippen LogP contribution in [-0.2, 0) is 19.1 Å². The van der Waals surface area contributed by atoms with Crippen LogP contribution in [0.2, 0.25) is 0 Å². The van der Waals surface area contributed by atoms with Crippen LogP contribution in [0.25, 0.3) is 0 Å². The lowest BCUT2D eigenvalue weighted by atomic mass is 9.93. The molecular weight excluding hydrogens is 368 g/mol. The molecular formula is C19H20N2O5S. The van der Waals surface area contributed by atoms with Crippen LogP contribution < -0.4 is 0 Å². The van der Waals surface area contributed by atoms with Crippen LogP contribution in [0.1, 0.15) is 42.7 Å². The van der Waals surface area contributed by atoms with E-state index in [0.717, 1.165) is 0 Å². The zero-order valence-electron chi connectivity index (χ0n) is 15.5. The highest BCUT2D eigenvalue weighted by molar-refractivity contribution is 8.15. The van der Waals surface area contributed by atoms with Gasteiger partial charge in [0.15, 0.2) is 5.17 Å². The van der Waals surface area contributed by atoms with Crippen molar-refractivity contribution in [2.45, 2.75) is 32.1 Å². The Balaban J connectivity index is 2.09. The van der Waals surface area contributed by atoms with Gasteiger partial charge in [0.05, 0.1) is 41.8 Å². The van der Waals surface area contributed by atoms with Gasteiger partial charge >= 0.3 is 11.9 Å². The third kappa shape index (κ3) is 3.37. The van der Waals surface area contributed by atoms with Gasteiger partial charge in [-0.2, -0.15) is 0 Å². The molecule has 8 heteroatoms. The number of hydrogen-bond acceptors (Lipinski definition) is 7. The summed E-state index contributed by atoms with van der Waals surface area (Å²) in [4.78, 5) is 43.1. The summed E-state index contributed by atoms with van der Waals surface area (Å²) in [7, 11) is 1.31. The summed E-state index contributed by atoms with van der Waals surface area (Å²) in [6, 6.07) is 6.01. The summed E-state index contributed by atoms with van der Waals surface area (Å²) >= 11 is 1.36. The lowest BCUT2D eigenvalue weighted by molar-refractivity contribution is -0.139. The Kier molecular flexibility index (Phi) is 5.36. The minimum Gasteiger partial charge on any atom is -0.465 e. The molecule has 1 saturated heterocycles. The second-order valence-electron chi connectivity index (χ2n) is 6.10. The van der Waals surface area contributed by atoms with Gasteiger partial charge < -0.3 is 9.47 Å². The normalized spacial score (nSPS) is 21.7. The van der Waals surface area contributed by atoms with Crippen molar-refractivity contribution in [3.05, 3.63) is 46.7 Å². The Labute approximate surface area is 161 Å². The van der Waals surface area contributed by atoms with Crippen molar-refractivity contribution in [1.82, 2.24) is 4.90 Å². The molecule has 1 aromatic carbocycles. The third-order valence-electron chi connectivity index (χ3n) is 4.40. The van der Waals surface area contributed by atoms with Crippen molar-refractivity contribution in [3.63, 3.8) is 0 Å². The van der Waals surface area contributed by atoms with Crippen LogP contribution in [-0.4, -0.2) is 46.9 Å². The highest BCUT2D eigenvalue weighted by Crippen LogP contribution is 2.43. The summed E-state index contributed by atoms with van der Waals surface area (Å²) in [6.45, 7) is 5.49. The number of nitrogens with zero attached hydrogens (tertiary/aromatic N) is 2. The number of rotatable bonds is 4. The van der Waals surface area contributed by atoms with Gasteiger partial charge in [-0.3, -0.25) is 9.69 Å². The quantitative estimate of drug-likeness (QED) is 0.737. The molecule has 2 aliphatic heterocycles. The van der Waals surface area contributed by atoms with E-state index in [1.165, 1.54) is 18.9 Å². The van der Waals surface area contributed by atoms with Gasteiger partial charge in [-0.25, -0.2) is 14.6 Å². The van der Waals surface area contributed by atoms with Crippen LogP contribution in [0.4, 0.5) is 0 Å². The minimum absolute atomic E-state index is 0.116. The molecule has 0 aromatic heterocycles. The van der Waals surface area contributed by atoms with Crippen LogP contribution in [0.15, 0.2) is 40.5 Å². The van der Waals surface area contributed by atoms with E-state index in [1.54, 1.807) is 43.0 Å². The summed E-state index contributed by atoms with van der Waals surface area (Å²) in [5, 5.41) is 0.287. The van der Waals surface area contributed by atoms with Crippen molar-refractivity contribution >= 4 is 34.8 Å². The van der Waals surface area contributed by atoms with Crippen LogP contribution in [0.3, 0.4) is 0 Å². The molecule has 142 valence electrons. The Bertz CT molecular complexity index is 859. The van der Waals surface area contributed by atoms with E-state index in [4.69, 9.17) is 9.47 Å². The van der Waals surface area contributed by atoms with Crippen molar-refractivity contribution in [2.75, 3.05) is 13.7 Å². The molecule has 0 unspecified atom stereocenters. The number of carbonyl (C=O) groups excluding carboxylic acids is 3. The topological polar surface area (TPSA) is 85.3 Å². The largest absolute Gasteiger partial charge is 0.465 e. The number of carbonyl (C=O) groups is 3. The molecule has 2 atom stereocenters. The minimum atomic E-state index is -0.645. The van der Waals surface area contributed by atoms with E-state index in [2.05, 4.69) is 4.99 Å². The Morgan fingerprint density at radius 3 is 2.48 bits per heavy atom. The number of allylic oxidation sites excluding steroid dienone is 1. The first-order valence-electron chi connectivity index (χ1n) is 8.53. The highest BCUT2D eigenvalue weighted by atomic mass is 32.2. The van der Waals surface area contributed by atoms with Gasteiger partial charge in [-0.05, 0) is 38.5 Å². The molecule has 0 bridgehead atoms. The lowest BCUT2D eigenvalue weighted by Gasteiger charge is -2.33. The fraction of sp³-hybridized carbons (Fsp3) is 0.368. The van der Waals surface area contributed by atoms with Crippen molar-refractivity contribution in [2.24, 2.45) is 4.99 Å². The summed E-state index contributed by atoms with van der Waals surface area (Å²) in [5.41, 5.74) is 1.94. The monoisotopic (exact) mass is 388 g/mol. The van der Waals surface area contributed by atoms with Gasteiger partial charge in [0.25, 0.3) is 0 Å². The summed E-state index contributed by atoms with van der Waals surface area (Å²) in [5.74, 6) is -1.07. The number of hydrogen-bond donors (Lipinski definition) is 0. The number of thioether (sulfide) groups is 1. The third-order valence-corrected chi connectivity index (χ3v) is 5.46. The second kappa shape index (κ2) is 7.56. The number of esters is 2. The predicted octanol–water partition coefficient (Wildman–Crippen LogP) is 2.68. The van der Waals surface area contributed by atoms with Crippen molar-refractivity contribution in [1.29, 1.82) is 0 Å². The average Bonchev–Trinajstić information content (AvgIpc) is 2.93. The van der Waals surface area contributed by atoms with Crippen molar-refractivity contribution in [3.8, 4) is 0 Å². The molecule has 0 saturated carbocycles. The summed E-state index contributed by atoms with van der Waals surface area (Å²) < 4.78 is 9.93. The average molecular weight is 388 g/mol. The molecule has 1 amide bonds. The fourth-order valence-corrected chi connectivity index (χ4v) is 4.14. The number of benzene rings is 1. The van der Waals surface area contributed by atoms with Gasteiger partial charge in [-0.1, -0.05) is 23.9 Å². The highest BCUT2D eigenvalue weighted by Gasteiger charge is 2.46. The number of amidine groups is 1. The van der Waals surface area contributed by atoms with Crippen molar-refractivity contribution < 1.29 is 23.9 Å². The molecule has 1 fully saturated rings. The Morgan fingerprint density at radius 2 is 1.89 bits per heavy atom. The molecule has 7 nitrogen and oxygen atoms in total. The fourth-order valence-electron chi connectivity index (χ4n) is 3.11. The number of fused-ring (bicyclic) bond motifs is 1. The molecule has 2 aliphatic rings. The first kappa shape index (κ1) is 19.2. The van der Waals surface area contributed by atoms with Gasteiger partial charge in [0.2, 0.25) is 5.91 Å². The maximum absolute atomic E-state index is 12.8. The first-order valence-corrected chi connectivity index (χ1v) is 9.41. The zero-order chi connectivity index (χ0) is 19.7. The standard InChI is InChI=1S/C19H20N2O5S/c1-5-26-18(24)14-10(2)20-19-21(16(22)11(3)27-19)15(14)12-6-8-13(9-7-12)17(23)25-4/h6-9,11,15H,5H2,1-4H3/t11-,15+/m1/s1. The molecule has 1 aromatic rings. The molecule has 0 N–H and O–H groups in total. The number of ether oxygens (including phenoxy) is 2. The predicted molar refractivity (Wildman–Crippen MR) is 101 cm³/mol. The van der Waals surface area contributed by atoms with Crippen LogP contribution in [0.5, 0.6) is 0 Å². The maximum atomic E-state index is 12.8. The zero-order valence-corrected chi connectivity index (χ0v) is 16.3. The molecule has 0 radical (unpaired) electrons. The lowest BCUT2D eigenvalue weighted by Crippen LogP contribution is -2.40.